The number of para-hydroxylation sites is 1. The molecular weight excluding hydrogens is 382 g/mol. The second kappa shape index (κ2) is 10.2. The van der Waals surface area contributed by atoms with Crippen molar-refractivity contribution in [2.75, 3.05) is 28.4 Å². The SMILES string of the molecule is CN=C(NCc1cc(OC)c(OC)c(OC)c1)NCc1ccn(-c2ccccc2)n1. The van der Waals surface area contributed by atoms with E-state index >= 15 is 0 Å². The van der Waals surface area contributed by atoms with Gasteiger partial charge in [-0.15, -0.1) is 0 Å². The fraction of sp³-hybridized carbons (Fsp3) is 0.273. The van der Waals surface area contributed by atoms with Crippen LogP contribution in [0.5, 0.6) is 17.2 Å². The fourth-order valence-corrected chi connectivity index (χ4v) is 3.00. The van der Waals surface area contributed by atoms with E-state index in [-0.39, 0.29) is 0 Å². The molecule has 2 aromatic carbocycles. The summed E-state index contributed by atoms with van der Waals surface area (Å²) in [5.41, 5.74) is 2.91. The summed E-state index contributed by atoms with van der Waals surface area (Å²) in [6, 6.07) is 15.8. The zero-order chi connectivity index (χ0) is 21.3. The summed E-state index contributed by atoms with van der Waals surface area (Å²) < 4.78 is 18.0. The van der Waals surface area contributed by atoms with Crippen molar-refractivity contribution in [3.05, 3.63) is 66.0 Å². The number of guanidine groups is 1. The molecule has 1 heterocycles. The molecule has 8 heteroatoms. The molecule has 0 saturated heterocycles. The average molecular weight is 409 g/mol. The standard InChI is InChI=1S/C22H27N5O3/c1-23-22(24-14-16-12-19(28-2)21(30-4)20(13-16)29-3)25-15-17-10-11-27(26-17)18-8-6-5-7-9-18/h5-13H,14-15H2,1-4H3,(H2,23,24,25). The molecule has 3 aromatic rings. The second-order valence-corrected chi connectivity index (χ2v) is 6.40. The smallest absolute Gasteiger partial charge is 0.203 e. The molecule has 3 rings (SSSR count). The first-order valence-corrected chi connectivity index (χ1v) is 9.51. The number of methoxy groups -OCH3 is 3. The Morgan fingerprint density at radius 1 is 0.933 bits per heavy atom. The monoisotopic (exact) mass is 409 g/mol. The Balaban J connectivity index is 1.60. The van der Waals surface area contributed by atoms with Crippen LogP contribution in [0, 0.1) is 0 Å². The average Bonchev–Trinajstić information content (AvgIpc) is 3.28. The van der Waals surface area contributed by atoms with E-state index in [1.165, 1.54) is 0 Å². The molecule has 0 aliphatic carbocycles. The van der Waals surface area contributed by atoms with Crippen molar-refractivity contribution in [2.24, 2.45) is 4.99 Å². The maximum absolute atomic E-state index is 5.41. The van der Waals surface area contributed by atoms with Crippen LogP contribution in [-0.4, -0.2) is 44.1 Å². The second-order valence-electron chi connectivity index (χ2n) is 6.40. The van der Waals surface area contributed by atoms with Crippen LogP contribution in [0.15, 0.2) is 59.7 Å². The van der Waals surface area contributed by atoms with E-state index in [0.29, 0.717) is 36.3 Å². The molecule has 0 radical (unpaired) electrons. The number of nitrogens with zero attached hydrogens (tertiary/aromatic N) is 3. The molecule has 0 aliphatic heterocycles. The van der Waals surface area contributed by atoms with Crippen molar-refractivity contribution in [1.82, 2.24) is 20.4 Å². The van der Waals surface area contributed by atoms with Crippen molar-refractivity contribution >= 4 is 5.96 Å². The lowest BCUT2D eigenvalue weighted by atomic mass is 10.2. The predicted molar refractivity (Wildman–Crippen MR) is 117 cm³/mol. The van der Waals surface area contributed by atoms with Crippen molar-refractivity contribution < 1.29 is 14.2 Å². The predicted octanol–water partition coefficient (Wildman–Crippen LogP) is 2.76. The van der Waals surface area contributed by atoms with Crippen LogP contribution in [-0.2, 0) is 13.1 Å². The zero-order valence-corrected chi connectivity index (χ0v) is 17.7. The minimum absolute atomic E-state index is 0.537. The van der Waals surface area contributed by atoms with Crippen LogP contribution in [0.1, 0.15) is 11.3 Å². The first kappa shape index (κ1) is 21.0. The number of benzene rings is 2. The minimum Gasteiger partial charge on any atom is -0.493 e. The summed E-state index contributed by atoms with van der Waals surface area (Å²) in [4.78, 5) is 4.27. The van der Waals surface area contributed by atoms with E-state index in [4.69, 9.17) is 14.2 Å². The molecular formula is C22H27N5O3. The Morgan fingerprint density at radius 2 is 1.60 bits per heavy atom. The third kappa shape index (κ3) is 5.02. The summed E-state index contributed by atoms with van der Waals surface area (Å²) in [5.74, 6) is 2.46. The molecule has 0 bridgehead atoms. The molecule has 0 spiro atoms. The maximum Gasteiger partial charge on any atom is 0.203 e. The molecule has 0 fully saturated rings. The van der Waals surface area contributed by atoms with Crippen molar-refractivity contribution in [3.8, 4) is 22.9 Å². The van der Waals surface area contributed by atoms with Gasteiger partial charge >= 0.3 is 0 Å². The quantitative estimate of drug-likeness (QED) is 0.440. The molecule has 8 nitrogen and oxygen atoms in total. The summed E-state index contributed by atoms with van der Waals surface area (Å²) in [7, 11) is 6.52. The number of ether oxygens (including phenoxy) is 3. The van der Waals surface area contributed by atoms with E-state index in [9.17, 15) is 0 Å². The van der Waals surface area contributed by atoms with Crippen LogP contribution in [0.25, 0.3) is 5.69 Å². The first-order valence-electron chi connectivity index (χ1n) is 9.51. The molecule has 0 aliphatic rings. The fourth-order valence-electron chi connectivity index (χ4n) is 3.00. The highest BCUT2D eigenvalue weighted by molar-refractivity contribution is 5.79. The molecule has 0 amide bonds. The topological polar surface area (TPSA) is 81.9 Å². The Kier molecular flexibility index (Phi) is 7.15. The van der Waals surface area contributed by atoms with Gasteiger partial charge in [0.1, 0.15) is 0 Å². The lowest BCUT2D eigenvalue weighted by molar-refractivity contribution is 0.323. The highest BCUT2D eigenvalue weighted by Crippen LogP contribution is 2.38. The number of hydrogen-bond acceptors (Lipinski definition) is 5. The van der Waals surface area contributed by atoms with E-state index < -0.39 is 0 Å². The van der Waals surface area contributed by atoms with Gasteiger partial charge < -0.3 is 24.8 Å². The highest BCUT2D eigenvalue weighted by atomic mass is 16.5. The molecule has 0 saturated carbocycles. The normalized spacial score (nSPS) is 11.1. The summed E-state index contributed by atoms with van der Waals surface area (Å²) in [6.45, 7) is 1.09. The van der Waals surface area contributed by atoms with Gasteiger partial charge in [0.15, 0.2) is 17.5 Å². The van der Waals surface area contributed by atoms with Crippen molar-refractivity contribution in [2.45, 2.75) is 13.1 Å². The number of nitrogens with one attached hydrogen (secondary N) is 2. The van der Waals surface area contributed by atoms with Crippen LogP contribution in [0.2, 0.25) is 0 Å². The van der Waals surface area contributed by atoms with Crippen LogP contribution in [0.4, 0.5) is 0 Å². The van der Waals surface area contributed by atoms with Gasteiger partial charge in [-0.2, -0.15) is 5.10 Å². The van der Waals surface area contributed by atoms with Crippen LogP contribution in [0.3, 0.4) is 0 Å². The summed E-state index contributed by atoms with van der Waals surface area (Å²) in [6.07, 6.45) is 1.94. The van der Waals surface area contributed by atoms with E-state index in [0.717, 1.165) is 16.9 Å². The van der Waals surface area contributed by atoms with Gasteiger partial charge in [-0.3, -0.25) is 4.99 Å². The largest absolute Gasteiger partial charge is 0.493 e. The zero-order valence-electron chi connectivity index (χ0n) is 17.7. The van der Waals surface area contributed by atoms with Gasteiger partial charge in [-0.05, 0) is 35.9 Å². The molecule has 1 aromatic heterocycles. The minimum atomic E-state index is 0.537. The van der Waals surface area contributed by atoms with Gasteiger partial charge in [0.25, 0.3) is 0 Å². The lowest BCUT2D eigenvalue weighted by Gasteiger charge is -2.15. The van der Waals surface area contributed by atoms with Crippen LogP contribution < -0.4 is 24.8 Å². The Morgan fingerprint density at radius 3 is 2.20 bits per heavy atom. The number of aromatic nitrogens is 2. The summed E-state index contributed by atoms with van der Waals surface area (Å²) >= 11 is 0. The molecule has 0 unspecified atom stereocenters. The Labute approximate surface area is 176 Å². The van der Waals surface area contributed by atoms with Gasteiger partial charge in [-0.1, -0.05) is 18.2 Å². The van der Waals surface area contributed by atoms with Crippen LogP contribution >= 0.6 is 0 Å². The van der Waals surface area contributed by atoms with Gasteiger partial charge in [0.2, 0.25) is 5.75 Å². The van der Waals surface area contributed by atoms with E-state index in [1.54, 1.807) is 28.4 Å². The third-order valence-electron chi connectivity index (χ3n) is 4.51. The molecule has 30 heavy (non-hydrogen) atoms. The van der Waals surface area contributed by atoms with Gasteiger partial charge in [-0.25, -0.2) is 4.68 Å². The third-order valence-corrected chi connectivity index (χ3v) is 4.51. The molecule has 2 N–H and O–H groups in total. The van der Waals surface area contributed by atoms with Gasteiger partial charge in [0.05, 0.1) is 39.3 Å². The number of aliphatic imine (C=N–C) groups is 1. The first-order chi connectivity index (χ1) is 14.7. The van der Waals surface area contributed by atoms with E-state index in [1.807, 2.05) is 59.4 Å². The Bertz CT molecular complexity index is 960. The number of rotatable bonds is 8. The number of hydrogen-bond donors (Lipinski definition) is 2. The Hall–Kier alpha value is -3.68. The van der Waals surface area contributed by atoms with Crippen molar-refractivity contribution in [1.29, 1.82) is 0 Å². The van der Waals surface area contributed by atoms with Gasteiger partial charge in [0, 0.05) is 19.8 Å². The molecule has 158 valence electrons. The summed E-state index contributed by atoms with van der Waals surface area (Å²) in [5, 5.41) is 11.2. The maximum atomic E-state index is 5.41. The van der Waals surface area contributed by atoms with E-state index in [2.05, 4.69) is 20.7 Å². The molecule has 0 atom stereocenters. The highest BCUT2D eigenvalue weighted by Gasteiger charge is 2.13. The lowest BCUT2D eigenvalue weighted by Crippen LogP contribution is -2.36. The van der Waals surface area contributed by atoms with Crippen molar-refractivity contribution in [3.63, 3.8) is 0 Å².